The molecular weight excluding hydrogens is 396 g/mol. The highest BCUT2D eigenvalue weighted by Gasteiger charge is 2.17. The van der Waals surface area contributed by atoms with E-state index in [4.69, 9.17) is 4.74 Å². The van der Waals surface area contributed by atoms with Crippen molar-refractivity contribution in [3.05, 3.63) is 90.1 Å². The lowest BCUT2D eigenvalue weighted by Crippen LogP contribution is -2.16. The molecule has 4 rings (SSSR count). The van der Waals surface area contributed by atoms with Crippen LogP contribution in [0.5, 0.6) is 5.75 Å². The average molecular weight is 421 g/mol. The molecular formula is C24H24N2O3S. The molecule has 0 amide bonds. The number of aromatic amines is 1. The van der Waals surface area contributed by atoms with Crippen LogP contribution in [0.15, 0.2) is 88.8 Å². The number of hydrogen-bond acceptors (Lipinski definition) is 4. The Morgan fingerprint density at radius 1 is 0.933 bits per heavy atom. The van der Waals surface area contributed by atoms with Crippen LogP contribution >= 0.6 is 0 Å². The SMILES string of the molecule is COc1ccc2[nH]cc(CCNCc3cccc(S(=O)(=O)c4ccccc4)c3)c2c1. The van der Waals surface area contributed by atoms with E-state index in [0.29, 0.717) is 16.3 Å². The molecule has 154 valence electrons. The molecule has 0 aliphatic carbocycles. The van der Waals surface area contributed by atoms with E-state index in [1.165, 1.54) is 5.56 Å². The molecule has 0 saturated heterocycles. The number of ether oxygens (including phenoxy) is 1. The summed E-state index contributed by atoms with van der Waals surface area (Å²) in [6.45, 7) is 1.38. The lowest BCUT2D eigenvalue weighted by Gasteiger charge is -2.08. The predicted octanol–water partition coefficient (Wildman–Crippen LogP) is 4.34. The van der Waals surface area contributed by atoms with Crippen LogP contribution in [0.4, 0.5) is 0 Å². The zero-order chi connectivity index (χ0) is 21.0. The Kier molecular flexibility index (Phi) is 5.88. The Hall–Kier alpha value is -3.09. The monoisotopic (exact) mass is 420 g/mol. The number of methoxy groups -OCH3 is 1. The van der Waals surface area contributed by atoms with Crippen molar-refractivity contribution in [2.75, 3.05) is 13.7 Å². The number of aromatic nitrogens is 1. The van der Waals surface area contributed by atoms with Crippen LogP contribution in [-0.2, 0) is 22.8 Å². The van der Waals surface area contributed by atoms with Crippen LogP contribution in [0.3, 0.4) is 0 Å². The molecule has 1 aromatic heterocycles. The van der Waals surface area contributed by atoms with Gasteiger partial charge in [0.25, 0.3) is 0 Å². The summed E-state index contributed by atoms with van der Waals surface area (Å²) in [5.41, 5.74) is 3.24. The Bertz CT molecular complexity index is 1250. The topological polar surface area (TPSA) is 71.2 Å². The maximum absolute atomic E-state index is 12.8. The summed E-state index contributed by atoms with van der Waals surface area (Å²) in [5.74, 6) is 0.841. The molecule has 0 atom stereocenters. The highest BCUT2D eigenvalue weighted by atomic mass is 32.2. The summed E-state index contributed by atoms with van der Waals surface area (Å²) in [6, 6.07) is 21.6. The van der Waals surface area contributed by atoms with E-state index in [0.717, 1.165) is 35.2 Å². The normalized spacial score (nSPS) is 11.6. The molecule has 0 aliphatic rings. The molecule has 3 aromatic carbocycles. The van der Waals surface area contributed by atoms with Gasteiger partial charge in [0.1, 0.15) is 5.75 Å². The molecule has 0 unspecified atom stereocenters. The number of nitrogens with one attached hydrogen (secondary N) is 2. The second-order valence-electron chi connectivity index (χ2n) is 7.12. The maximum atomic E-state index is 12.8. The number of benzene rings is 3. The van der Waals surface area contributed by atoms with Gasteiger partial charge in [-0.3, -0.25) is 0 Å². The molecule has 5 nitrogen and oxygen atoms in total. The quantitative estimate of drug-likeness (QED) is 0.416. The third-order valence-corrected chi connectivity index (χ3v) is 6.90. The van der Waals surface area contributed by atoms with E-state index < -0.39 is 9.84 Å². The zero-order valence-electron chi connectivity index (χ0n) is 16.8. The summed E-state index contributed by atoms with van der Waals surface area (Å²) in [7, 11) is -1.83. The lowest BCUT2D eigenvalue weighted by molar-refractivity contribution is 0.415. The van der Waals surface area contributed by atoms with Crippen LogP contribution < -0.4 is 10.1 Å². The van der Waals surface area contributed by atoms with Crippen LogP contribution in [0.25, 0.3) is 10.9 Å². The summed E-state index contributed by atoms with van der Waals surface area (Å²) >= 11 is 0. The fourth-order valence-electron chi connectivity index (χ4n) is 3.51. The van der Waals surface area contributed by atoms with Crippen molar-refractivity contribution in [3.8, 4) is 5.75 Å². The van der Waals surface area contributed by atoms with E-state index in [-0.39, 0.29) is 0 Å². The molecule has 0 fully saturated rings. The van der Waals surface area contributed by atoms with Crippen LogP contribution in [0.1, 0.15) is 11.1 Å². The van der Waals surface area contributed by atoms with Crippen molar-refractivity contribution in [2.24, 2.45) is 0 Å². The molecule has 30 heavy (non-hydrogen) atoms. The fraction of sp³-hybridized carbons (Fsp3) is 0.167. The van der Waals surface area contributed by atoms with Crippen molar-refractivity contribution in [3.63, 3.8) is 0 Å². The van der Waals surface area contributed by atoms with E-state index in [1.807, 2.05) is 36.5 Å². The van der Waals surface area contributed by atoms with E-state index in [2.05, 4.69) is 10.3 Å². The highest BCUT2D eigenvalue weighted by Crippen LogP contribution is 2.24. The molecule has 0 spiro atoms. The third kappa shape index (κ3) is 4.25. The second kappa shape index (κ2) is 8.73. The van der Waals surface area contributed by atoms with Gasteiger partial charge in [0.05, 0.1) is 16.9 Å². The Balaban J connectivity index is 1.40. The third-order valence-electron chi connectivity index (χ3n) is 5.14. The highest BCUT2D eigenvalue weighted by molar-refractivity contribution is 7.91. The van der Waals surface area contributed by atoms with Gasteiger partial charge in [-0.05, 0) is 66.6 Å². The molecule has 0 saturated carbocycles. The van der Waals surface area contributed by atoms with Gasteiger partial charge in [0.2, 0.25) is 9.84 Å². The minimum Gasteiger partial charge on any atom is -0.497 e. The van der Waals surface area contributed by atoms with Crippen molar-refractivity contribution in [1.29, 1.82) is 0 Å². The predicted molar refractivity (Wildman–Crippen MR) is 119 cm³/mol. The van der Waals surface area contributed by atoms with E-state index in [1.54, 1.807) is 49.6 Å². The van der Waals surface area contributed by atoms with E-state index in [9.17, 15) is 8.42 Å². The summed E-state index contributed by atoms with van der Waals surface area (Å²) in [5, 5.41) is 4.57. The van der Waals surface area contributed by atoms with Gasteiger partial charge in [0.15, 0.2) is 0 Å². The minimum absolute atomic E-state index is 0.310. The molecule has 0 radical (unpaired) electrons. The van der Waals surface area contributed by atoms with Crippen LogP contribution in [0.2, 0.25) is 0 Å². The first-order valence-corrected chi connectivity index (χ1v) is 11.3. The van der Waals surface area contributed by atoms with Crippen molar-refractivity contribution in [1.82, 2.24) is 10.3 Å². The number of rotatable bonds is 8. The Labute approximate surface area is 176 Å². The van der Waals surface area contributed by atoms with Gasteiger partial charge in [-0.1, -0.05) is 30.3 Å². The molecule has 0 bridgehead atoms. The number of hydrogen-bond donors (Lipinski definition) is 2. The maximum Gasteiger partial charge on any atom is 0.206 e. The van der Waals surface area contributed by atoms with Gasteiger partial charge in [-0.25, -0.2) is 8.42 Å². The standard InChI is InChI=1S/C24H24N2O3S/c1-29-20-10-11-24-23(15-20)19(17-26-24)12-13-25-16-18-6-5-9-22(14-18)30(27,28)21-7-3-2-4-8-21/h2-11,14-15,17,25-26H,12-13,16H2,1H3. The molecule has 6 heteroatoms. The number of sulfone groups is 1. The second-order valence-corrected chi connectivity index (χ2v) is 9.07. The van der Waals surface area contributed by atoms with Crippen LogP contribution in [0, 0.1) is 0 Å². The molecule has 2 N–H and O–H groups in total. The summed E-state index contributed by atoms with van der Waals surface area (Å²) < 4.78 is 31.0. The minimum atomic E-state index is -3.50. The van der Waals surface area contributed by atoms with Crippen LogP contribution in [-0.4, -0.2) is 27.1 Å². The Morgan fingerprint density at radius 3 is 2.53 bits per heavy atom. The number of fused-ring (bicyclic) bond motifs is 1. The van der Waals surface area contributed by atoms with Gasteiger partial charge in [-0.2, -0.15) is 0 Å². The van der Waals surface area contributed by atoms with Gasteiger partial charge in [-0.15, -0.1) is 0 Å². The molecule has 0 aliphatic heterocycles. The molecule has 4 aromatic rings. The van der Waals surface area contributed by atoms with E-state index >= 15 is 0 Å². The Morgan fingerprint density at radius 2 is 1.73 bits per heavy atom. The molecule has 1 heterocycles. The zero-order valence-corrected chi connectivity index (χ0v) is 17.6. The largest absolute Gasteiger partial charge is 0.497 e. The average Bonchev–Trinajstić information content (AvgIpc) is 3.19. The number of H-pyrrole nitrogens is 1. The van der Waals surface area contributed by atoms with Crippen molar-refractivity contribution in [2.45, 2.75) is 22.8 Å². The van der Waals surface area contributed by atoms with Gasteiger partial charge >= 0.3 is 0 Å². The smallest absolute Gasteiger partial charge is 0.206 e. The summed E-state index contributed by atoms with van der Waals surface area (Å²) in [6.07, 6.45) is 2.88. The fourth-order valence-corrected chi connectivity index (χ4v) is 4.86. The lowest BCUT2D eigenvalue weighted by atomic mass is 10.1. The first-order valence-electron chi connectivity index (χ1n) is 9.82. The van der Waals surface area contributed by atoms with Gasteiger partial charge < -0.3 is 15.0 Å². The summed E-state index contributed by atoms with van der Waals surface area (Å²) in [4.78, 5) is 3.91. The first-order chi connectivity index (χ1) is 14.6. The van der Waals surface area contributed by atoms with Gasteiger partial charge in [0, 0.05) is 23.6 Å². The van der Waals surface area contributed by atoms with Crippen molar-refractivity contribution < 1.29 is 13.2 Å². The van der Waals surface area contributed by atoms with Crippen molar-refractivity contribution >= 4 is 20.7 Å². The first kappa shape index (κ1) is 20.2.